The summed E-state index contributed by atoms with van der Waals surface area (Å²) in [5.74, 6) is 0. The summed E-state index contributed by atoms with van der Waals surface area (Å²) in [7, 11) is 0. The van der Waals surface area contributed by atoms with Crippen LogP contribution in [0.1, 0.15) is 13.3 Å². The maximum Gasteiger partial charge on any atom is 0.0716 e. The van der Waals surface area contributed by atoms with Gasteiger partial charge in [0.2, 0.25) is 0 Å². The minimum absolute atomic E-state index is 0.341. The molecule has 108 valence electrons. The molecule has 0 aliphatic rings. The van der Waals surface area contributed by atoms with Crippen molar-refractivity contribution < 1.29 is 5.11 Å². The first kappa shape index (κ1) is 14.2. The Hall–Kier alpha value is -1.77. The van der Waals surface area contributed by atoms with E-state index in [-0.39, 0.29) is 6.10 Å². The Morgan fingerprint density at radius 3 is 2.52 bits per heavy atom. The molecular formula is C18H18ClNO. The average Bonchev–Trinajstić information content (AvgIpc) is 2.87. The molecule has 0 amide bonds. The molecule has 3 rings (SSSR count). The molecule has 1 unspecified atom stereocenters. The van der Waals surface area contributed by atoms with Gasteiger partial charge in [-0.3, -0.25) is 0 Å². The first-order chi connectivity index (χ1) is 10.2. The van der Waals surface area contributed by atoms with Crippen molar-refractivity contribution in [1.29, 1.82) is 0 Å². The van der Waals surface area contributed by atoms with Crippen molar-refractivity contribution >= 4 is 22.5 Å². The van der Waals surface area contributed by atoms with Gasteiger partial charge in [0.05, 0.1) is 6.10 Å². The third-order valence-electron chi connectivity index (χ3n) is 3.82. The number of benzene rings is 2. The van der Waals surface area contributed by atoms with Crippen LogP contribution in [0.15, 0.2) is 54.6 Å². The number of hydrogen-bond acceptors (Lipinski definition) is 1. The second-order valence-electron chi connectivity index (χ2n) is 5.27. The van der Waals surface area contributed by atoms with Crippen molar-refractivity contribution in [3.63, 3.8) is 0 Å². The van der Waals surface area contributed by atoms with E-state index in [4.69, 9.17) is 11.6 Å². The first-order valence-corrected chi connectivity index (χ1v) is 7.59. The van der Waals surface area contributed by atoms with Gasteiger partial charge < -0.3 is 9.67 Å². The van der Waals surface area contributed by atoms with Crippen molar-refractivity contribution in [2.24, 2.45) is 0 Å². The summed E-state index contributed by atoms with van der Waals surface area (Å²) in [5, 5.41) is 12.0. The smallest absolute Gasteiger partial charge is 0.0716 e. The lowest BCUT2D eigenvalue weighted by atomic mass is 10.1. The topological polar surface area (TPSA) is 25.2 Å². The van der Waals surface area contributed by atoms with Gasteiger partial charge >= 0.3 is 0 Å². The maximum atomic E-state index is 10.1. The van der Waals surface area contributed by atoms with Crippen molar-refractivity contribution in [2.75, 3.05) is 0 Å². The molecule has 0 aliphatic carbocycles. The number of rotatable bonds is 4. The second-order valence-corrected chi connectivity index (χ2v) is 5.70. The number of nitrogens with zero attached hydrogens (tertiary/aromatic N) is 1. The summed E-state index contributed by atoms with van der Waals surface area (Å²) in [4.78, 5) is 0. The lowest BCUT2D eigenvalue weighted by Gasteiger charge is -2.14. The Morgan fingerprint density at radius 1 is 1.10 bits per heavy atom. The van der Waals surface area contributed by atoms with E-state index in [1.54, 1.807) is 0 Å². The van der Waals surface area contributed by atoms with Crippen LogP contribution in [0, 0.1) is 0 Å². The average molecular weight is 300 g/mol. The number of aliphatic hydroxyl groups excluding tert-OH is 1. The van der Waals surface area contributed by atoms with Crippen molar-refractivity contribution in [2.45, 2.75) is 26.0 Å². The van der Waals surface area contributed by atoms with Crippen molar-refractivity contribution in [1.82, 2.24) is 4.57 Å². The number of hydrogen-bond donors (Lipinski definition) is 1. The maximum absolute atomic E-state index is 10.1. The number of halogens is 1. The summed E-state index contributed by atoms with van der Waals surface area (Å²) in [6.07, 6.45) is 0.402. The molecule has 0 aliphatic heterocycles. The zero-order chi connectivity index (χ0) is 14.8. The third kappa shape index (κ3) is 2.82. The highest BCUT2D eigenvalue weighted by Crippen LogP contribution is 2.29. The quantitative estimate of drug-likeness (QED) is 0.740. The first-order valence-electron chi connectivity index (χ1n) is 7.21. The van der Waals surface area contributed by atoms with Crippen LogP contribution in [0.25, 0.3) is 22.2 Å². The number of aliphatic hydroxyl groups is 1. The molecule has 2 nitrogen and oxygen atoms in total. The Balaban J connectivity index is 2.16. The van der Waals surface area contributed by atoms with Crippen LogP contribution in [0.3, 0.4) is 0 Å². The van der Waals surface area contributed by atoms with E-state index >= 15 is 0 Å². The van der Waals surface area contributed by atoms with E-state index in [9.17, 15) is 5.11 Å². The molecule has 1 atom stereocenters. The zero-order valence-electron chi connectivity index (χ0n) is 12.0. The summed E-state index contributed by atoms with van der Waals surface area (Å²) < 4.78 is 2.19. The van der Waals surface area contributed by atoms with E-state index in [1.807, 2.05) is 43.3 Å². The van der Waals surface area contributed by atoms with Crippen LogP contribution < -0.4 is 0 Å². The summed E-state index contributed by atoms with van der Waals surface area (Å²) in [6.45, 7) is 2.60. The third-order valence-corrected chi connectivity index (χ3v) is 4.07. The van der Waals surface area contributed by atoms with Gasteiger partial charge in [-0.25, -0.2) is 0 Å². The molecule has 0 spiro atoms. The fraction of sp³-hybridized carbons (Fsp3) is 0.222. The molecule has 2 aromatic carbocycles. The fourth-order valence-electron chi connectivity index (χ4n) is 2.61. The Kier molecular flexibility index (Phi) is 4.00. The van der Waals surface area contributed by atoms with Crippen LogP contribution >= 0.6 is 11.6 Å². The summed E-state index contributed by atoms with van der Waals surface area (Å²) >= 11 is 5.98. The zero-order valence-corrected chi connectivity index (χ0v) is 12.7. The second kappa shape index (κ2) is 5.92. The lowest BCUT2D eigenvalue weighted by Crippen LogP contribution is -2.15. The highest BCUT2D eigenvalue weighted by molar-refractivity contribution is 6.30. The van der Waals surface area contributed by atoms with Crippen LogP contribution in [0.4, 0.5) is 0 Å². The van der Waals surface area contributed by atoms with Gasteiger partial charge in [-0.15, -0.1) is 0 Å². The van der Waals surface area contributed by atoms with E-state index in [0.717, 1.165) is 28.2 Å². The number of para-hydroxylation sites is 1. The van der Waals surface area contributed by atoms with E-state index in [0.29, 0.717) is 6.54 Å². The SMILES string of the molecule is CCC(O)Cn1c(-c2ccc(Cl)cc2)cc2ccccc21. The molecule has 21 heavy (non-hydrogen) atoms. The molecule has 1 heterocycles. The molecule has 0 radical (unpaired) electrons. The Labute approximate surface area is 129 Å². The highest BCUT2D eigenvalue weighted by Gasteiger charge is 2.13. The van der Waals surface area contributed by atoms with Gasteiger partial charge in [0, 0.05) is 28.2 Å². The standard InChI is InChI=1S/C18H18ClNO/c1-2-16(21)12-20-17-6-4-3-5-14(17)11-18(20)13-7-9-15(19)10-8-13/h3-11,16,21H,2,12H2,1H3. The predicted molar refractivity (Wildman–Crippen MR) is 88.7 cm³/mol. The lowest BCUT2D eigenvalue weighted by molar-refractivity contribution is 0.152. The van der Waals surface area contributed by atoms with Gasteiger partial charge in [0.15, 0.2) is 0 Å². The molecule has 0 fully saturated rings. The minimum atomic E-state index is -0.341. The minimum Gasteiger partial charge on any atom is -0.391 e. The molecule has 0 bridgehead atoms. The highest BCUT2D eigenvalue weighted by atomic mass is 35.5. The predicted octanol–water partition coefficient (Wildman–Crippen LogP) is 4.73. The fourth-order valence-corrected chi connectivity index (χ4v) is 2.73. The van der Waals surface area contributed by atoms with Gasteiger partial charge in [-0.1, -0.05) is 48.9 Å². The summed E-state index contributed by atoms with van der Waals surface area (Å²) in [6, 6.07) is 18.3. The van der Waals surface area contributed by atoms with Crippen LogP contribution in [0.5, 0.6) is 0 Å². The molecule has 3 aromatic rings. The van der Waals surface area contributed by atoms with E-state index < -0.39 is 0 Å². The van der Waals surface area contributed by atoms with E-state index in [1.165, 1.54) is 5.39 Å². The molecule has 0 saturated carbocycles. The van der Waals surface area contributed by atoms with Crippen molar-refractivity contribution in [3.8, 4) is 11.3 Å². The Morgan fingerprint density at radius 2 is 1.81 bits per heavy atom. The Bertz CT molecular complexity index is 746. The van der Waals surface area contributed by atoms with Gasteiger partial charge in [-0.2, -0.15) is 0 Å². The molecular weight excluding hydrogens is 282 g/mol. The van der Waals surface area contributed by atoms with Crippen LogP contribution in [-0.2, 0) is 6.54 Å². The molecule has 1 aromatic heterocycles. The number of aromatic nitrogens is 1. The van der Waals surface area contributed by atoms with Gasteiger partial charge in [-0.05, 0) is 36.2 Å². The molecule has 1 N–H and O–H groups in total. The van der Waals surface area contributed by atoms with Gasteiger partial charge in [0.25, 0.3) is 0 Å². The number of fused-ring (bicyclic) bond motifs is 1. The normalized spacial score (nSPS) is 12.7. The van der Waals surface area contributed by atoms with E-state index in [2.05, 4.69) is 22.8 Å². The largest absolute Gasteiger partial charge is 0.391 e. The van der Waals surface area contributed by atoms with Crippen LogP contribution in [0.2, 0.25) is 5.02 Å². The molecule has 3 heteroatoms. The van der Waals surface area contributed by atoms with Gasteiger partial charge in [0.1, 0.15) is 0 Å². The monoisotopic (exact) mass is 299 g/mol. The molecule has 0 saturated heterocycles. The summed E-state index contributed by atoms with van der Waals surface area (Å²) in [5.41, 5.74) is 3.37. The van der Waals surface area contributed by atoms with Crippen molar-refractivity contribution in [3.05, 3.63) is 59.6 Å². The van der Waals surface area contributed by atoms with Crippen LogP contribution in [-0.4, -0.2) is 15.8 Å².